The van der Waals surface area contributed by atoms with Gasteiger partial charge in [-0.3, -0.25) is 8.37 Å². The van der Waals surface area contributed by atoms with Crippen molar-refractivity contribution in [3.05, 3.63) is 12.7 Å². The predicted molar refractivity (Wildman–Crippen MR) is 104 cm³/mol. The van der Waals surface area contributed by atoms with Gasteiger partial charge in [-0.2, -0.15) is 16.8 Å². The molecule has 3 rings (SSSR count). The summed E-state index contributed by atoms with van der Waals surface area (Å²) in [6.07, 6.45) is 1.46. The molecule has 0 unspecified atom stereocenters. The van der Waals surface area contributed by atoms with Gasteiger partial charge >= 0.3 is 0 Å². The smallest absolute Gasteiger partial charge is 0.264 e. The van der Waals surface area contributed by atoms with E-state index in [1.165, 1.54) is 12.7 Å². The van der Waals surface area contributed by atoms with Crippen LogP contribution in [0.5, 0.6) is 0 Å². The molecule has 3 atom stereocenters. The molecule has 15 heteroatoms. The average molecular weight is 466 g/mol. The van der Waals surface area contributed by atoms with Crippen molar-refractivity contribution in [2.45, 2.75) is 44.5 Å². The Kier molecular flexibility index (Phi) is 6.05. The fourth-order valence-corrected chi connectivity index (χ4v) is 4.13. The zero-order valence-electron chi connectivity index (χ0n) is 16.7. The number of rotatable bonds is 8. The van der Waals surface area contributed by atoms with Gasteiger partial charge in [-0.05, 0) is 13.8 Å². The Morgan fingerprint density at radius 2 is 1.87 bits per heavy atom. The van der Waals surface area contributed by atoms with Crippen molar-refractivity contribution in [1.29, 1.82) is 0 Å². The molecular formula is C15H23N5O8S2. The van der Waals surface area contributed by atoms with Gasteiger partial charge in [0.2, 0.25) is 0 Å². The topological polar surface area (TPSA) is 175 Å². The molecule has 0 spiro atoms. The number of nitrogens with zero attached hydrogens (tertiary/aromatic N) is 4. The summed E-state index contributed by atoms with van der Waals surface area (Å²) in [4.78, 5) is 12.2. The van der Waals surface area contributed by atoms with Gasteiger partial charge in [0.25, 0.3) is 20.2 Å². The van der Waals surface area contributed by atoms with Crippen LogP contribution in [0, 0.1) is 0 Å². The highest BCUT2D eigenvalue weighted by molar-refractivity contribution is 7.86. The van der Waals surface area contributed by atoms with E-state index in [4.69, 9.17) is 23.6 Å². The summed E-state index contributed by atoms with van der Waals surface area (Å²) >= 11 is 0. The van der Waals surface area contributed by atoms with Crippen molar-refractivity contribution < 1.29 is 34.7 Å². The van der Waals surface area contributed by atoms with Gasteiger partial charge in [-0.1, -0.05) is 0 Å². The highest BCUT2D eigenvalue weighted by Gasteiger charge is 2.47. The Balaban J connectivity index is 1.91. The van der Waals surface area contributed by atoms with Crippen LogP contribution >= 0.6 is 0 Å². The van der Waals surface area contributed by atoms with Crippen molar-refractivity contribution in [2.75, 3.05) is 24.9 Å². The number of fused-ring (bicyclic) bond motifs is 1. The molecule has 1 aliphatic rings. The third kappa shape index (κ3) is 5.61. The molecule has 168 valence electrons. The van der Waals surface area contributed by atoms with Gasteiger partial charge in [0.05, 0.1) is 32.0 Å². The molecule has 30 heavy (non-hydrogen) atoms. The minimum Gasteiger partial charge on any atom is -0.382 e. The van der Waals surface area contributed by atoms with E-state index in [2.05, 4.69) is 15.0 Å². The van der Waals surface area contributed by atoms with Gasteiger partial charge in [0, 0.05) is 0 Å². The van der Waals surface area contributed by atoms with Gasteiger partial charge in [0.15, 0.2) is 17.3 Å². The van der Waals surface area contributed by atoms with Crippen LogP contribution in [0.4, 0.5) is 5.82 Å². The average Bonchev–Trinajstić information content (AvgIpc) is 3.12. The molecule has 1 saturated heterocycles. The molecule has 2 aromatic rings. The summed E-state index contributed by atoms with van der Waals surface area (Å²) in [5, 5.41) is 0. The Morgan fingerprint density at radius 3 is 2.50 bits per heavy atom. The molecule has 2 aromatic heterocycles. The van der Waals surface area contributed by atoms with Crippen molar-refractivity contribution >= 4 is 37.2 Å². The number of nitrogens with two attached hydrogens (primary N) is 1. The van der Waals surface area contributed by atoms with Gasteiger partial charge < -0.3 is 19.8 Å². The maximum atomic E-state index is 11.8. The lowest BCUT2D eigenvalue weighted by atomic mass is 10.1. The van der Waals surface area contributed by atoms with E-state index < -0.39 is 50.9 Å². The van der Waals surface area contributed by atoms with Crippen molar-refractivity contribution in [3.63, 3.8) is 0 Å². The lowest BCUT2D eigenvalue weighted by molar-refractivity contribution is -0.155. The van der Waals surface area contributed by atoms with Crippen LogP contribution < -0.4 is 5.73 Å². The summed E-state index contributed by atoms with van der Waals surface area (Å²) < 4.78 is 69.6. The molecule has 0 aliphatic carbocycles. The molecule has 0 bridgehead atoms. The number of ether oxygens (including phenoxy) is 2. The lowest BCUT2D eigenvalue weighted by Crippen LogP contribution is -2.43. The van der Waals surface area contributed by atoms with E-state index in [1.54, 1.807) is 18.4 Å². The van der Waals surface area contributed by atoms with Crippen LogP contribution in [0.15, 0.2) is 12.7 Å². The monoisotopic (exact) mass is 465 g/mol. The second kappa shape index (κ2) is 7.97. The van der Waals surface area contributed by atoms with E-state index in [9.17, 15) is 16.8 Å². The van der Waals surface area contributed by atoms with E-state index >= 15 is 0 Å². The van der Waals surface area contributed by atoms with Crippen LogP contribution in [0.1, 0.15) is 13.8 Å². The number of nitrogen functional groups attached to an aromatic ring is 1. The number of anilines is 1. The van der Waals surface area contributed by atoms with Gasteiger partial charge in [0.1, 0.15) is 30.2 Å². The zero-order chi connectivity index (χ0) is 22.3. The second-order valence-corrected chi connectivity index (χ2v) is 10.5. The summed E-state index contributed by atoms with van der Waals surface area (Å²) in [7, 11) is -7.81. The quantitative estimate of drug-likeness (QED) is 0.484. The highest BCUT2D eigenvalue weighted by Crippen LogP contribution is 2.33. The van der Waals surface area contributed by atoms with Crippen molar-refractivity contribution in [3.8, 4) is 0 Å². The number of imidazole rings is 1. The Morgan fingerprint density at radius 1 is 1.17 bits per heavy atom. The molecule has 1 fully saturated rings. The van der Waals surface area contributed by atoms with E-state index in [0.717, 1.165) is 12.5 Å². The molecule has 0 aromatic carbocycles. The molecule has 3 heterocycles. The SMILES string of the molecule is CC1(C)O[C@H]([C@@H](COS(C)(=O)=O)OS(C)(=O)=O)[C@H](Cn2cnc3c(N)ncnc32)O1. The standard InChI is InChI=1S/C15H23N5O8S2/c1-15(2)26-9(5-20-8-19-11-13(16)17-7-18-14(11)20)12(27-15)10(28-30(4,23)24)6-25-29(3,21)22/h7-10,12H,5-6H2,1-4H3,(H2,16,17,18)/t9-,10+,12-/m0/s1. The van der Waals surface area contributed by atoms with E-state index in [0.29, 0.717) is 11.2 Å². The summed E-state index contributed by atoms with van der Waals surface area (Å²) in [6, 6.07) is 0. The third-order valence-electron chi connectivity index (χ3n) is 4.14. The van der Waals surface area contributed by atoms with Crippen LogP contribution in [0.3, 0.4) is 0 Å². The highest BCUT2D eigenvalue weighted by atomic mass is 32.2. The maximum Gasteiger partial charge on any atom is 0.264 e. The van der Waals surface area contributed by atoms with E-state index in [-0.39, 0.29) is 12.4 Å². The molecule has 13 nitrogen and oxygen atoms in total. The number of hydrogen-bond donors (Lipinski definition) is 1. The van der Waals surface area contributed by atoms with Crippen molar-refractivity contribution in [2.24, 2.45) is 0 Å². The first-order valence-corrected chi connectivity index (χ1v) is 12.4. The Bertz CT molecular complexity index is 1130. The second-order valence-electron chi connectivity index (χ2n) is 7.29. The molecule has 0 amide bonds. The van der Waals surface area contributed by atoms with Crippen LogP contribution in [0.2, 0.25) is 0 Å². The first-order chi connectivity index (χ1) is 13.7. The number of aromatic nitrogens is 4. The Labute approximate surface area is 173 Å². The zero-order valence-corrected chi connectivity index (χ0v) is 18.4. The first-order valence-electron chi connectivity index (χ1n) is 8.74. The largest absolute Gasteiger partial charge is 0.382 e. The van der Waals surface area contributed by atoms with Crippen LogP contribution in [0.25, 0.3) is 11.2 Å². The lowest BCUT2D eigenvalue weighted by Gasteiger charge is -2.25. The van der Waals surface area contributed by atoms with Crippen LogP contribution in [-0.2, 0) is 44.6 Å². The predicted octanol–water partition coefficient (Wildman–Crippen LogP) is -0.750. The molecule has 0 radical (unpaired) electrons. The fourth-order valence-electron chi connectivity index (χ4n) is 3.14. The van der Waals surface area contributed by atoms with Crippen molar-refractivity contribution in [1.82, 2.24) is 19.5 Å². The molecule has 2 N–H and O–H groups in total. The number of hydrogen-bond acceptors (Lipinski definition) is 12. The third-order valence-corrected chi connectivity index (χ3v) is 5.30. The molecule has 1 aliphatic heterocycles. The normalized spacial score (nSPS) is 23.1. The minimum atomic E-state index is -3.96. The first kappa shape index (κ1) is 22.8. The molecule has 0 saturated carbocycles. The Hall–Kier alpha value is -1.91. The summed E-state index contributed by atoms with van der Waals surface area (Å²) in [6.45, 7) is 2.85. The van der Waals surface area contributed by atoms with Gasteiger partial charge in [-0.15, -0.1) is 0 Å². The maximum absolute atomic E-state index is 11.8. The minimum absolute atomic E-state index is 0.142. The summed E-state index contributed by atoms with van der Waals surface area (Å²) in [5.74, 6) is -0.886. The van der Waals surface area contributed by atoms with Gasteiger partial charge in [-0.25, -0.2) is 15.0 Å². The van der Waals surface area contributed by atoms with E-state index in [1.807, 2.05) is 0 Å². The van der Waals surface area contributed by atoms with Crippen LogP contribution in [-0.4, -0.2) is 79.6 Å². The summed E-state index contributed by atoms with van der Waals surface area (Å²) in [5.41, 5.74) is 6.65. The fraction of sp³-hybridized carbons (Fsp3) is 0.667. The molecular weight excluding hydrogens is 442 g/mol.